The van der Waals surface area contributed by atoms with Crippen LogP contribution >= 0.6 is 0 Å². The Labute approximate surface area is 291 Å². The maximum absolute atomic E-state index is 7.06. The Bertz CT molecular complexity index is 2520. The molecule has 0 aliphatic carbocycles. The van der Waals surface area contributed by atoms with Crippen molar-refractivity contribution in [1.29, 1.82) is 0 Å². The summed E-state index contributed by atoms with van der Waals surface area (Å²) in [5, 5.41) is 0. The topological polar surface area (TPSA) is 35.8 Å². The van der Waals surface area contributed by atoms with Crippen molar-refractivity contribution < 1.29 is 9.31 Å². The van der Waals surface area contributed by atoms with E-state index >= 15 is 0 Å². The first kappa shape index (κ1) is 28.4. The number of aliphatic imine (C=N–C) groups is 1. The lowest BCUT2D eigenvalue weighted by molar-refractivity contribution is 0.403. The molecule has 1 aromatic heterocycles. The number of fused-ring (bicyclic) bond motifs is 5. The Morgan fingerprint density at radius 1 is 0.440 bits per heavy atom. The monoisotopic (exact) mass is 640 g/mol. The summed E-state index contributed by atoms with van der Waals surface area (Å²) >= 11 is 0. The van der Waals surface area contributed by atoms with Gasteiger partial charge in [0.25, 0.3) is 0 Å². The third-order valence-corrected chi connectivity index (χ3v) is 9.69. The van der Waals surface area contributed by atoms with Crippen molar-refractivity contribution in [1.82, 2.24) is 4.48 Å². The highest BCUT2D eigenvalue weighted by Gasteiger charge is 2.43. The summed E-state index contributed by atoms with van der Waals surface area (Å²) < 4.78 is 16.1. The second-order valence-electron chi connectivity index (χ2n) is 12.6. The number of benzene rings is 6. The normalized spacial score (nSPS) is 15.1. The van der Waals surface area contributed by atoms with E-state index in [9.17, 15) is 0 Å². The predicted octanol–water partition coefficient (Wildman–Crippen LogP) is 10.6. The van der Waals surface area contributed by atoms with Crippen LogP contribution < -0.4 is 9.31 Å². The number of para-hydroxylation sites is 2. The maximum atomic E-state index is 7.06. The lowest BCUT2D eigenvalue weighted by atomic mass is 9.88. The van der Waals surface area contributed by atoms with Gasteiger partial charge in [0.1, 0.15) is 11.5 Å². The van der Waals surface area contributed by atoms with Crippen molar-refractivity contribution >= 4 is 30.2 Å². The van der Waals surface area contributed by atoms with E-state index in [1.165, 1.54) is 0 Å². The van der Waals surface area contributed by atoms with Crippen LogP contribution in [-0.4, -0.2) is 17.4 Å². The van der Waals surface area contributed by atoms with E-state index in [-0.39, 0.29) is 0 Å². The molecule has 234 valence electrons. The van der Waals surface area contributed by atoms with Gasteiger partial charge in [0.15, 0.2) is 0 Å². The minimum absolute atomic E-state index is 0.702. The van der Waals surface area contributed by atoms with E-state index in [0.29, 0.717) is 5.75 Å². The molecular formula is C45H29BN2O2. The molecule has 7 aromatic rings. The third kappa shape index (κ3) is 4.44. The molecule has 0 N–H and O–H groups in total. The Balaban J connectivity index is 1.40. The number of allylic oxidation sites excluding steroid dienone is 2. The molecule has 4 nitrogen and oxygen atoms in total. The van der Waals surface area contributed by atoms with E-state index < -0.39 is 7.25 Å². The molecule has 10 rings (SSSR count). The number of nitrogens with zero attached hydrogens (tertiary/aromatic N) is 2. The summed E-state index contributed by atoms with van der Waals surface area (Å²) in [4.78, 5) is 5.53. The lowest BCUT2D eigenvalue weighted by Gasteiger charge is -2.28. The predicted molar refractivity (Wildman–Crippen MR) is 204 cm³/mol. The minimum Gasteiger partial charge on any atom is -0.506 e. The van der Waals surface area contributed by atoms with Crippen LogP contribution in [0.2, 0.25) is 0 Å². The first-order valence-electron chi connectivity index (χ1n) is 16.9. The summed E-state index contributed by atoms with van der Waals surface area (Å²) in [6.45, 7) is 0. The van der Waals surface area contributed by atoms with Gasteiger partial charge in [-0.2, -0.15) is 0 Å². The average Bonchev–Trinajstić information content (AvgIpc) is 3.73. The van der Waals surface area contributed by atoms with Gasteiger partial charge < -0.3 is 13.8 Å². The van der Waals surface area contributed by atoms with Crippen LogP contribution in [0, 0.1) is 0 Å². The van der Waals surface area contributed by atoms with Crippen molar-refractivity contribution in [3.05, 3.63) is 198 Å². The zero-order valence-corrected chi connectivity index (χ0v) is 27.0. The number of aromatic nitrogens is 1. The van der Waals surface area contributed by atoms with Crippen molar-refractivity contribution in [3.8, 4) is 45.0 Å². The zero-order chi connectivity index (χ0) is 33.0. The summed E-state index contributed by atoms with van der Waals surface area (Å²) in [5.41, 5.74) is 14.5. The van der Waals surface area contributed by atoms with Crippen LogP contribution in [0.3, 0.4) is 0 Å². The fourth-order valence-electron chi connectivity index (χ4n) is 7.58. The van der Waals surface area contributed by atoms with Gasteiger partial charge in [-0.25, -0.2) is 4.99 Å². The van der Waals surface area contributed by atoms with Gasteiger partial charge in [0.05, 0.1) is 17.1 Å². The van der Waals surface area contributed by atoms with E-state index in [0.717, 1.165) is 84.2 Å². The van der Waals surface area contributed by atoms with Crippen LogP contribution in [0.25, 0.3) is 50.7 Å². The number of rotatable bonds is 4. The first-order chi connectivity index (χ1) is 24.8. The summed E-state index contributed by atoms with van der Waals surface area (Å²) in [6, 6.07) is 58.9. The van der Waals surface area contributed by atoms with Gasteiger partial charge in [-0.05, 0) is 52.6 Å². The van der Waals surface area contributed by atoms with Crippen molar-refractivity contribution in [2.75, 3.05) is 0 Å². The average molecular weight is 641 g/mol. The van der Waals surface area contributed by atoms with Gasteiger partial charge in [0, 0.05) is 39.1 Å². The van der Waals surface area contributed by atoms with Gasteiger partial charge in [0.2, 0.25) is 0 Å². The molecular weight excluding hydrogens is 611 g/mol. The molecule has 0 amide bonds. The highest BCUT2D eigenvalue weighted by Crippen LogP contribution is 2.52. The number of hydrogen-bond donors (Lipinski definition) is 0. The molecule has 2 bridgehead atoms. The van der Waals surface area contributed by atoms with E-state index in [1.54, 1.807) is 0 Å². The van der Waals surface area contributed by atoms with Gasteiger partial charge in [-0.1, -0.05) is 146 Å². The highest BCUT2D eigenvalue weighted by molar-refractivity contribution is 6.49. The Morgan fingerprint density at radius 2 is 0.900 bits per heavy atom. The van der Waals surface area contributed by atoms with Crippen LogP contribution in [0.5, 0.6) is 11.5 Å². The molecule has 0 unspecified atom stereocenters. The van der Waals surface area contributed by atoms with Crippen molar-refractivity contribution in [2.45, 2.75) is 0 Å². The van der Waals surface area contributed by atoms with Gasteiger partial charge in [-0.15, -0.1) is 0 Å². The molecule has 0 saturated heterocycles. The Kier molecular flexibility index (Phi) is 6.56. The van der Waals surface area contributed by atoms with Crippen LogP contribution in [0.4, 0.5) is 0 Å². The van der Waals surface area contributed by atoms with Crippen molar-refractivity contribution in [2.24, 2.45) is 4.99 Å². The second kappa shape index (κ2) is 11.5. The molecule has 0 radical (unpaired) electrons. The molecule has 0 spiro atoms. The molecule has 50 heavy (non-hydrogen) atoms. The molecule has 3 aliphatic rings. The minimum atomic E-state index is -0.786. The quantitative estimate of drug-likeness (QED) is 0.180. The smallest absolute Gasteiger partial charge is 0.506 e. The summed E-state index contributed by atoms with van der Waals surface area (Å²) in [5.74, 6) is 1.48. The highest BCUT2D eigenvalue weighted by atomic mass is 16.6. The van der Waals surface area contributed by atoms with Crippen LogP contribution in [-0.2, 0) is 0 Å². The Hall–Kier alpha value is -6.59. The summed E-state index contributed by atoms with van der Waals surface area (Å²) in [6.07, 6.45) is 2.25. The van der Waals surface area contributed by atoms with Crippen LogP contribution in [0.1, 0.15) is 22.4 Å². The standard InChI is InChI=1S/C45H29BN2O2/c1-5-17-30(18-6-1)40-36-29-37-41(31-19-7-2-8-20-31)43(33-23-11-4-12-24-33)45-35-26-14-16-28-39(35)50-46(48(37)45)49-38-27-15-13-25-34(38)44(47-36)42(40)32-21-9-3-10-22-32/h1-29H/b36-29-. The fraction of sp³-hybridized carbons (Fsp3) is 0. The fourth-order valence-corrected chi connectivity index (χ4v) is 7.58. The lowest BCUT2D eigenvalue weighted by Crippen LogP contribution is -2.42. The number of hydrogen-bond acceptors (Lipinski definition) is 3. The van der Waals surface area contributed by atoms with Crippen molar-refractivity contribution in [3.63, 3.8) is 0 Å². The maximum Gasteiger partial charge on any atom is 0.743 e. The van der Waals surface area contributed by atoms with Gasteiger partial charge in [-0.3, -0.25) is 0 Å². The van der Waals surface area contributed by atoms with E-state index in [2.05, 4.69) is 150 Å². The summed E-state index contributed by atoms with van der Waals surface area (Å²) in [7, 11) is -0.786. The van der Waals surface area contributed by atoms with E-state index in [4.69, 9.17) is 14.3 Å². The molecule has 6 aromatic carbocycles. The third-order valence-electron chi connectivity index (χ3n) is 9.69. The zero-order valence-electron chi connectivity index (χ0n) is 27.0. The SMILES string of the molecule is C1=C2\N=C(C(c3ccccc3)=C2c2ccccc2)c2ccccc2OB2Oc3ccccc3-c3c(-c4ccccc4)c(-c4ccccc4)c/1n32. The van der Waals surface area contributed by atoms with E-state index in [1.807, 2.05) is 30.3 Å². The van der Waals surface area contributed by atoms with Gasteiger partial charge >= 0.3 is 7.25 Å². The molecule has 3 aliphatic heterocycles. The Morgan fingerprint density at radius 3 is 1.50 bits per heavy atom. The molecule has 0 atom stereocenters. The first-order valence-corrected chi connectivity index (χ1v) is 16.9. The second-order valence-corrected chi connectivity index (χ2v) is 12.6. The molecule has 4 heterocycles. The largest absolute Gasteiger partial charge is 0.743 e. The molecule has 0 fully saturated rings. The molecule has 5 heteroatoms. The van der Waals surface area contributed by atoms with Crippen LogP contribution in [0.15, 0.2) is 181 Å². The molecule has 0 saturated carbocycles.